The number of aryl methyl sites for hydroxylation is 1. The zero-order valence-corrected chi connectivity index (χ0v) is 11.5. The lowest BCUT2D eigenvalue weighted by molar-refractivity contribution is 0.351. The summed E-state index contributed by atoms with van der Waals surface area (Å²) >= 11 is 0. The van der Waals surface area contributed by atoms with E-state index in [1.165, 1.54) is 17.5 Å². The normalized spacial score (nSPS) is 23.1. The van der Waals surface area contributed by atoms with Crippen LogP contribution in [-0.2, 0) is 6.42 Å². The zero-order valence-electron chi connectivity index (χ0n) is 11.5. The molecule has 19 heavy (non-hydrogen) atoms. The second-order valence-corrected chi connectivity index (χ2v) is 5.56. The van der Waals surface area contributed by atoms with Crippen LogP contribution < -0.4 is 0 Å². The largest absolute Gasteiger partial charge is 0.266 e. The van der Waals surface area contributed by atoms with E-state index in [0.29, 0.717) is 5.92 Å². The van der Waals surface area contributed by atoms with Gasteiger partial charge >= 0.3 is 0 Å². The molecule has 0 bridgehead atoms. The van der Waals surface area contributed by atoms with Crippen molar-refractivity contribution in [3.63, 3.8) is 0 Å². The second-order valence-electron chi connectivity index (χ2n) is 5.56. The lowest BCUT2D eigenvalue weighted by atomic mass is 9.78. The van der Waals surface area contributed by atoms with Crippen LogP contribution in [0.5, 0.6) is 0 Å². The van der Waals surface area contributed by atoms with E-state index in [9.17, 15) is 8.78 Å². The molecule has 1 aliphatic rings. The van der Waals surface area contributed by atoms with E-state index < -0.39 is 6.08 Å². The number of rotatable bonds is 4. The third kappa shape index (κ3) is 4.15. The van der Waals surface area contributed by atoms with Crippen molar-refractivity contribution in [2.24, 2.45) is 5.92 Å². The van der Waals surface area contributed by atoms with Crippen molar-refractivity contribution in [3.05, 3.63) is 47.5 Å². The highest BCUT2D eigenvalue weighted by Crippen LogP contribution is 2.36. The minimum atomic E-state index is -1.52. The van der Waals surface area contributed by atoms with Gasteiger partial charge in [0.05, 0.1) is 0 Å². The van der Waals surface area contributed by atoms with Crippen molar-refractivity contribution < 1.29 is 8.78 Å². The number of hydrogen-bond donors (Lipinski definition) is 0. The molecule has 1 aromatic carbocycles. The zero-order chi connectivity index (χ0) is 13.7. The van der Waals surface area contributed by atoms with Crippen molar-refractivity contribution in [3.8, 4) is 0 Å². The highest BCUT2D eigenvalue weighted by atomic mass is 19.3. The van der Waals surface area contributed by atoms with Gasteiger partial charge in [0.1, 0.15) is 0 Å². The standard InChI is InChI=1S/C17H22F2/c1-2-3-13-4-8-15(9-5-13)16-10-6-14(7-11-16)12-17(18)19/h4-5,8-9,12,14,16H,2-3,6-7,10-11H2,1H3/t14-,16-. The molecule has 1 aliphatic carbocycles. The van der Waals surface area contributed by atoms with Gasteiger partial charge < -0.3 is 0 Å². The van der Waals surface area contributed by atoms with Crippen LogP contribution in [0.3, 0.4) is 0 Å². The molecule has 1 aromatic rings. The molecule has 0 heterocycles. The molecule has 0 aromatic heterocycles. The summed E-state index contributed by atoms with van der Waals surface area (Å²) in [5.74, 6) is 0.642. The Hall–Kier alpha value is -1.18. The van der Waals surface area contributed by atoms with Gasteiger partial charge in [-0.25, -0.2) is 0 Å². The van der Waals surface area contributed by atoms with E-state index in [4.69, 9.17) is 0 Å². The lowest BCUT2D eigenvalue weighted by Gasteiger charge is -2.27. The molecule has 0 saturated heterocycles. The van der Waals surface area contributed by atoms with Gasteiger partial charge in [-0.1, -0.05) is 37.6 Å². The lowest BCUT2D eigenvalue weighted by Crippen LogP contribution is -2.11. The summed E-state index contributed by atoms with van der Waals surface area (Å²) in [4.78, 5) is 0. The molecule has 0 spiro atoms. The summed E-state index contributed by atoms with van der Waals surface area (Å²) in [6, 6.07) is 8.88. The highest BCUT2D eigenvalue weighted by Gasteiger charge is 2.21. The molecule has 0 nitrogen and oxygen atoms in total. The molecule has 1 saturated carbocycles. The highest BCUT2D eigenvalue weighted by molar-refractivity contribution is 5.26. The van der Waals surface area contributed by atoms with Gasteiger partial charge in [-0.05, 0) is 61.1 Å². The van der Waals surface area contributed by atoms with Crippen molar-refractivity contribution in [2.75, 3.05) is 0 Å². The van der Waals surface area contributed by atoms with Crippen LogP contribution in [0.4, 0.5) is 8.78 Å². The van der Waals surface area contributed by atoms with Crippen LogP contribution in [0.1, 0.15) is 56.1 Å². The molecular weight excluding hydrogens is 242 g/mol. The molecule has 0 aliphatic heterocycles. The maximum Gasteiger partial charge on any atom is 0.266 e. The Morgan fingerprint density at radius 1 is 1.11 bits per heavy atom. The van der Waals surface area contributed by atoms with Gasteiger partial charge in [0.25, 0.3) is 6.08 Å². The Balaban J connectivity index is 1.92. The van der Waals surface area contributed by atoms with E-state index in [1.807, 2.05) is 0 Å². The molecule has 1 fully saturated rings. The maximum absolute atomic E-state index is 12.2. The van der Waals surface area contributed by atoms with E-state index in [1.54, 1.807) is 0 Å². The summed E-state index contributed by atoms with van der Waals surface area (Å²) in [5.41, 5.74) is 2.77. The van der Waals surface area contributed by atoms with Crippen LogP contribution in [-0.4, -0.2) is 0 Å². The average Bonchev–Trinajstić information content (AvgIpc) is 2.40. The van der Waals surface area contributed by atoms with E-state index in [2.05, 4.69) is 31.2 Å². The second kappa shape index (κ2) is 6.83. The van der Waals surface area contributed by atoms with Gasteiger partial charge in [-0.2, -0.15) is 8.78 Å². The monoisotopic (exact) mass is 264 g/mol. The molecule has 104 valence electrons. The molecule has 2 heteroatoms. The fourth-order valence-corrected chi connectivity index (χ4v) is 3.04. The molecule has 0 unspecified atom stereocenters. The van der Waals surface area contributed by atoms with Crippen LogP contribution in [0.2, 0.25) is 0 Å². The van der Waals surface area contributed by atoms with Crippen molar-refractivity contribution >= 4 is 0 Å². The first kappa shape index (κ1) is 14.2. The molecule has 0 amide bonds. The predicted molar refractivity (Wildman–Crippen MR) is 75.4 cm³/mol. The topological polar surface area (TPSA) is 0 Å². The van der Waals surface area contributed by atoms with Crippen molar-refractivity contribution in [1.82, 2.24) is 0 Å². The fraction of sp³-hybridized carbons (Fsp3) is 0.529. The van der Waals surface area contributed by atoms with Gasteiger partial charge in [0.2, 0.25) is 0 Å². The number of halogens is 2. The first-order chi connectivity index (χ1) is 9.19. The summed E-state index contributed by atoms with van der Waals surface area (Å²) in [7, 11) is 0. The average molecular weight is 264 g/mol. The summed E-state index contributed by atoms with van der Waals surface area (Å²) in [6.45, 7) is 2.19. The van der Waals surface area contributed by atoms with E-state index in [-0.39, 0.29) is 5.92 Å². The Morgan fingerprint density at radius 3 is 2.26 bits per heavy atom. The van der Waals surface area contributed by atoms with E-state index >= 15 is 0 Å². The maximum atomic E-state index is 12.2. The minimum absolute atomic E-state index is 0.0839. The predicted octanol–water partition coefficient (Wildman–Crippen LogP) is 5.69. The van der Waals surface area contributed by atoms with Gasteiger partial charge in [0, 0.05) is 0 Å². The molecule has 0 atom stereocenters. The van der Waals surface area contributed by atoms with Crippen LogP contribution >= 0.6 is 0 Å². The SMILES string of the molecule is CCCc1ccc([C@H]2CC[C@H](C=C(F)F)CC2)cc1. The molecule has 0 N–H and O–H groups in total. The van der Waals surface area contributed by atoms with E-state index in [0.717, 1.165) is 38.2 Å². The van der Waals surface area contributed by atoms with Crippen LogP contribution in [0.25, 0.3) is 0 Å². The minimum Gasteiger partial charge on any atom is -0.174 e. The van der Waals surface area contributed by atoms with Crippen LogP contribution in [0, 0.1) is 5.92 Å². The third-order valence-electron chi connectivity index (χ3n) is 4.12. The van der Waals surface area contributed by atoms with Crippen LogP contribution in [0.15, 0.2) is 36.4 Å². The summed E-state index contributed by atoms with van der Waals surface area (Å²) in [5, 5.41) is 0. The summed E-state index contributed by atoms with van der Waals surface area (Å²) in [6.07, 6.45) is 5.76. The molecule has 0 radical (unpaired) electrons. The van der Waals surface area contributed by atoms with Crippen molar-refractivity contribution in [1.29, 1.82) is 0 Å². The quantitative estimate of drug-likeness (QED) is 0.655. The van der Waals surface area contributed by atoms with Gasteiger partial charge in [-0.15, -0.1) is 0 Å². The fourth-order valence-electron chi connectivity index (χ4n) is 3.04. The molecular formula is C17H22F2. The first-order valence-corrected chi connectivity index (χ1v) is 7.30. The van der Waals surface area contributed by atoms with Crippen molar-refractivity contribution in [2.45, 2.75) is 51.4 Å². The molecule has 2 rings (SSSR count). The summed E-state index contributed by atoms with van der Waals surface area (Å²) < 4.78 is 24.4. The third-order valence-corrected chi connectivity index (χ3v) is 4.12. The Labute approximate surface area is 114 Å². The number of allylic oxidation sites excluding steroid dienone is 1. The smallest absolute Gasteiger partial charge is 0.174 e. The Bertz CT molecular complexity index is 407. The number of benzene rings is 1. The van der Waals surface area contributed by atoms with Gasteiger partial charge in [-0.3, -0.25) is 0 Å². The Morgan fingerprint density at radius 2 is 1.74 bits per heavy atom. The first-order valence-electron chi connectivity index (χ1n) is 7.30. The Kier molecular flexibility index (Phi) is 5.12. The van der Waals surface area contributed by atoms with Gasteiger partial charge in [0.15, 0.2) is 0 Å². The number of hydrogen-bond acceptors (Lipinski definition) is 0.